The molecule has 5 nitrogen and oxygen atoms in total. The summed E-state index contributed by atoms with van der Waals surface area (Å²) in [5.74, 6) is -2.46. The first-order valence-electron chi connectivity index (χ1n) is 5.89. The monoisotopic (exact) mass is 354 g/mol. The molecule has 0 saturated carbocycles. The van der Waals surface area contributed by atoms with Crippen LogP contribution in [0.5, 0.6) is 5.75 Å². The highest BCUT2D eigenvalue weighted by Crippen LogP contribution is 2.37. The van der Waals surface area contributed by atoms with Crippen molar-refractivity contribution in [2.75, 3.05) is 7.11 Å². The number of benzene rings is 1. The average Bonchev–Trinajstić information content (AvgIpc) is 2.41. The van der Waals surface area contributed by atoms with E-state index in [1.54, 1.807) is 0 Å². The van der Waals surface area contributed by atoms with E-state index in [4.69, 9.17) is 22.1 Å². The Morgan fingerprint density at radius 2 is 2.00 bits per heavy atom. The molecule has 1 amide bonds. The van der Waals surface area contributed by atoms with E-state index in [2.05, 4.69) is 9.73 Å². The number of carbonyl (C=O) groups is 1. The van der Waals surface area contributed by atoms with Gasteiger partial charge in [-0.1, -0.05) is 11.6 Å². The van der Waals surface area contributed by atoms with Crippen LogP contribution in [0, 0.1) is 5.82 Å². The van der Waals surface area contributed by atoms with Gasteiger partial charge in [0.15, 0.2) is 17.4 Å². The van der Waals surface area contributed by atoms with Crippen molar-refractivity contribution in [1.82, 2.24) is 0 Å². The molecule has 2 N–H and O–H groups in total. The van der Waals surface area contributed by atoms with Crippen molar-refractivity contribution in [2.24, 2.45) is 10.7 Å². The van der Waals surface area contributed by atoms with Gasteiger partial charge in [0.1, 0.15) is 0 Å². The average molecular weight is 355 g/mol. The summed E-state index contributed by atoms with van der Waals surface area (Å²) < 4.78 is 60.4. The minimum Gasteiger partial charge on any atom is -0.451 e. The fourth-order valence-corrected chi connectivity index (χ4v) is 1.64. The van der Waals surface area contributed by atoms with Crippen molar-refractivity contribution < 1.29 is 31.8 Å². The lowest BCUT2D eigenvalue weighted by Gasteiger charge is -2.12. The molecule has 0 aliphatic rings. The molecule has 1 aromatic carbocycles. The quantitative estimate of drug-likeness (QED) is 0.507. The third-order valence-corrected chi connectivity index (χ3v) is 2.62. The number of aliphatic imine (C=N–C) groups is 1. The summed E-state index contributed by atoms with van der Waals surface area (Å²) in [6, 6.07) is 0.729. The molecule has 0 aliphatic heterocycles. The van der Waals surface area contributed by atoms with Crippen LogP contribution < -0.4 is 10.5 Å². The van der Waals surface area contributed by atoms with Crippen LogP contribution in [0.25, 0.3) is 0 Å². The maximum Gasteiger partial charge on any atom is 0.433 e. The summed E-state index contributed by atoms with van der Waals surface area (Å²) >= 11 is 5.58. The number of amides is 1. The fourth-order valence-electron chi connectivity index (χ4n) is 1.40. The van der Waals surface area contributed by atoms with Crippen molar-refractivity contribution in [3.63, 3.8) is 0 Å². The van der Waals surface area contributed by atoms with Crippen LogP contribution >= 0.6 is 11.6 Å². The lowest BCUT2D eigenvalue weighted by molar-refractivity contribution is -0.137. The third-order valence-electron chi connectivity index (χ3n) is 2.34. The summed E-state index contributed by atoms with van der Waals surface area (Å²) in [7, 11) is 1.11. The molecular formula is C13H11ClF4N2O3. The molecule has 0 saturated heterocycles. The smallest absolute Gasteiger partial charge is 0.433 e. The lowest BCUT2D eigenvalue weighted by atomic mass is 10.2. The second kappa shape index (κ2) is 7.32. The molecule has 0 fully saturated rings. The number of nitrogens with two attached hydrogens (primary N) is 1. The Balaban J connectivity index is 3.06. The molecule has 0 heterocycles. The summed E-state index contributed by atoms with van der Waals surface area (Å²) in [6.45, 7) is 1.37. The topological polar surface area (TPSA) is 73.9 Å². The van der Waals surface area contributed by atoms with E-state index in [1.165, 1.54) is 6.92 Å². The van der Waals surface area contributed by atoms with E-state index < -0.39 is 40.3 Å². The van der Waals surface area contributed by atoms with Gasteiger partial charge in [-0.2, -0.15) is 18.2 Å². The first-order chi connectivity index (χ1) is 10.5. The highest BCUT2D eigenvalue weighted by molar-refractivity contribution is 6.32. The first kappa shape index (κ1) is 18.8. The Bertz CT molecular complexity index is 649. The molecule has 0 aromatic heterocycles. The number of methoxy groups -OCH3 is 1. The third kappa shape index (κ3) is 5.44. The Hall–Kier alpha value is -2.29. The predicted molar refractivity (Wildman–Crippen MR) is 74.8 cm³/mol. The Morgan fingerprint density at radius 1 is 1.39 bits per heavy atom. The zero-order valence-electron chi connectivity index (χ0n) is 11.9. The van der Waals surface area contributed by atoms with Crippen molar-refractivity contribution >= 4 is 23.4 Å². The Kier molecular flexibility index (Phi) is 5.97. The number of hydrogen-bond donors (Lipinski definition) is 1. The molecule has 1 rings (SSSR count). The molecule has 126 valence electrons. The summed E-state index contributed by atoms with van der Waals surface area (Å²) in [5, 5.41) is -0.615. The summed E-state index contributed by atoms with van der Waals surface area (Å²) in [6.07, 6.45) is -4.61. The van der Waals surface area contributed by atoms with Crippen molar-refractivity contribution in [1.29, 1.82) is 0 Å². The molecular weight excluding hydrogens is 344 g/mol. The highest BCUT2D eigenvalue weighted by atomic mass is 35.5. The van der Waals surface area contributed by atoms with Gasteiger partial charge in [0.2, 0.25) is 0 Å². The Morgan fingerprint density at radius 3 is 2.48 bits per heavy atom. The van der Waals surface area contributed by atoms with Crippen molar-refractivity contribution in [2.45, 2.75) is 13.1 Å². The van der Waals surface area contributed by atoms with Gasteiger partial charge < -0.3 is 15.2 Å². The van der Waals surface area contributed by atoms with Crippen molar-refractivity contribution in [3.8, 4) is 5.75 Å². The molecule has 10 heteroatoms. The largest absolute Gasteiger partial charge is 0.451 e. The van der Waals surface area contributed by atoms with Crippen LogP contribution in [0.1, 0.15) is 12.5 Å². The normalized spacial score (nSPS) is 13.0. The first-order valence-corrected chi connectivity index (χ1v) is 6.27. The maximum atomic E-state index is 13.7. The fraction of sp³-hybridized carbons (Fsp3) is 0.231. The van der Waals surface area contributed by atoms with Crippen LogP contribution in [-0.2, 0) is 10.9 Å². The number of ether oxygens (including phenoxy) is 2. The van der Waals surface area contributed by atoms with Gasteiger partial charge in [0, 0.05) is 6.08 Å². The molecule has 1 aromatic rings. The lowest BCUT2D eigenvalue weighted by Crippen LogP contribution is -2.11. The van der Waals surface area contributed by atoms with E-state index in [9.17, 15) is 22.4 Å². The number of rotatable bonds is 3. The number of nitrogens with zero attached hydrogens (tertiary/aromatic N) is 1. The molecule has 23 heavy (non-hydrogen) atoms. The van der Waals surface area contributed by atoms with Gasteiger partial charge in [0.05, 0.1) is 23.4 Å². The van der Waals surface area contributed by atoms with E-state index in [-0.39, 0.29) is 11.8 Å². The minimum absolute atomic E-state index is 0.0674. The van der Waals surface area contributed by atoms with Crippen LogP contribution in [0.4, 0.5) is 22.4 Å². The van der Waals surface area contributed by atoms with E-state index in [0.29, 0.717) is 6.07 Å². The molecule has 0 bridgehead atoms. The number of carbonyl (C=O) groups excluding carboxylic acids is 1. The van der Waals surface area contributed by atoms with Gasteiger partial charge in [-0.05, 0) is 19.1 Å². The number of halogens is 5. The van der Waals surface area contributed by atoms with Crippen LogP contribution in [0.15, 0.2) is 29.1 Å². The van der Waals surface area contributed by atoms with Crippen LogP contribution in [-0.4, -0.2) is 18.9 Å². The molecule has 0 radical (unpaired) electrons. The van der Waals surface area contributed by atoms with E-state index >= 15 is 0 Å². The maximum absolute atomic E-state index is 13.7. The van der Waals surface area contributed by atoms with Crippen molar-refractivity contribution in [3.05, 3.63) is 40.5 Å². The molecule has 0 unspecified atom stereocenters. The summed E-state index contributed by atoms with van der Waals surface area (Å²) in [4.78, 5) is 14.3. The van der Waals surface area contributed by atoms with Gasteiger partial charge in [0.25, 0.3) is 0 Å². The van der Waals surface area contributed by atoms with Gasteiger partial charge in [-0.25, -0.2) is 9.18 Å². The standard InChI is InChI=1S/C13H11ClF4N2O3/c1-6(20-12(21)22-2)3-10(19)23-11-8(14)4-7(5-9(11)15)13(16,17)18/h3-5H,19H2,1-2H3/b10-3+,20-6+. The SMILES string of the molecule is COC(=O)/N=C(C)/C=C(\N)Oc1c(F)cc(C(F)(F)F)cc1Cl. The number of allylic oxidation sites excluding steroid dienone is 1. The highest BCUT2D eigenvalue weighted by Gasteiger charge is 2.32. The van der Waals surface area contributed by atoms with Crippen LogP contribution in [0.2, 0.25) is 5.02 Å². The predicted octanol–water partition coefficient (Wildman–Crippen LogP) is 3.90. The van der Waals surface area contributed by atoms with Crippen LogP contribution in [0.3, 0.4) is 0 Å². The number of alkyl halides is 3. The van der Waals surface area contributed by atoms with E-state index in [1.807, 2.05) is 0 Å². The zero-order valence-corrected chi connectivity index (χ0v) is 12.6. The van der Waals surface area contributed by atoms with E-state index in [0.717, 1.165) is 13.2 Å². The zero-order chi connectivity index (χ0) is 17.8. The Labute approximate surface area is 133 Å². The number of hydrogen-bond acceptors (Lipinski definition) is 4. The second-order valence-electron chi connectivity index (χ2n) is 4.14. The summed E-state index contributed by atoms with van der Waals surface area (Å²) in [5.41, 5.74) is 4.25. The van der Waals surface area contributed by atoms with Gasteiger partial charge >= 0.3 is 12.3 Å². The molecule has 0 spiro atoms. The minimum atomic E-state index is -4.76. The van der Waals surface area contributed by atoms with Gasteiger partial charge in [-0.3, -0.25) is 0 Å². The van der Waals surface area contributed by atoms with Gasteiger partial charge in [-0.15, -0.1) is 0 Å². The molecule has 0 atom stereocenters. The molecule has 0 aliphatic carbocycles. The second-order valence-corrected chi connectivity index (χ2v) is 4.55.